The summed E-state index contributed by atoms with van der Waals surface area (Å²) in [5, 5.41) is 1.13. The van der Waals surface area contributed by atoms with Crippen LogP contribution >= 0.6 is 27.3 Å². The van der Waals surface area contributed by atoms with E-state index in [4.69, 9.17) is 9.72 Å². The van der Waals surface area contributed by atoms with Crippen LogP contribution in [0.15, 0.2) is 28.7 Å². The van der Waals surface area contributed by atoms with Gasteiger partial charge in [0.15, 0.2) is 0 Å². The average Bonchev–Trinajstić information content (AvgIpc) is 2.72. The van der Waals surface area contributed by atoms with E-state index in [1.54, 1.807) is 18.4 Å². The van der Waals surface area contributed by atoms with Crippen LogP contribution in [0.4, 0.5) is 0 Å². The Balaban J connectivity index is 2.05. The predicted octanol–water partition coefficient (Wildman–Crippen LogP) is 4.91. The SMILES string of the molecule is COC1(c2nc(-c3ccccc3Br)c(C)s2)CCC1. The Hall–Kier alpha value is -0.710. The maximum absolute atomic E-state index is 5.73. The molecular weight excluding hydrogens is 322 g/mol. The van der Waals surface area contributed by atoms with Gasteiger partial charge in [0.1, 0.15) is 10.6 Å². The normalized spacial score (nSPS) is 17.2. The summed E-state index contributed by atoms with van der Waals surface area (Å²) in [4.78, 5) is 6.12. The van der Waals surface area contributed by atoms with Crippen LogP contribution in [-0.4, -0.2) is 12.1 Å². The van der Waals surface area contributed by atoms with Gasteiger partial charge in [-0.05, 0) is 32.3 Å². The van der Waals surface area contributed by atoms with Crippen molar-refractivity contribution in [2.24, 2.45) is 0 Å². The predicted molar refractivity (Wildman–Crippen MR) is 82.5 cm³/mol. The summed E-state index contributed by atoms with van der Waals surface area (Å²) in [5.74, 6) is 0. The summed E-state index contributed by atoms with van der Waals surface area (Å²) in [5.41, 5.74) is 2.12. The van der Waals surface area contributed by atoms with Crippen LogP contribution in [0.1, 0.15) is 29.1 Å². The standard InChI is InChI=1S/C15H16BrNOS/c1-10-13(11-6-3-4-7-12(11)16)17-14(19-10)15(18-2)8-5-9-15/h3-4,6-7H,5,8-9H2,1-2H3. The van der Waals surface area contributed by atoms with Crippen molar-refractivity contribution < 1.29 is 4.74 Å². The zero-order chi connectivity index (χ0) is 13.5. The van der Waals surface area contributed by atoms with Gasteiger partial charge in [0.2, 0.25) is 0 Å². The number of aromatic nitrogens is 1. The van der Waals surface area contributed by atoms with E-state index in [-0.39, 0.29) is 5.60 Å². The van der Waals surface area contributed by atoms with Crippen molar-refractivity contribution in [3.8, 4) is 11.3 Å². The highest BCUT2D eigenvalue weighted by molar-refractivity contribution is 9.10. The third-order valence-corrected chi connectivity index (χ3v) is 5.71. The van der Waals surface area contributed by atoms with E-state index in [0.29, 0.717) is 0 Å². The van der Waals surface area contributed by atoms with Crippen molar-refractivity contribution >= 4 is 27.3 Å². The molecule has 1 aliphatic carbocycles. The molecule has 0 bridgehead atoms. The number of hydrogen-bond donors (Lipinski definition) is 0. The second-order valence-electron chi connectivity index (χ2n) is 4.96. The Morgan fingerprint density at radius 2 is 2.05 bits per heavy atom. The third-order valence-electron chi connectivity index (χ3n) is 3.87. The number of benzene rings is 1. The molecule has 2 aromatic rings. The topological polar surface area (TPSA) is 22.1 Å². The highest BCUT2D eigenvalue weighted by Crippen LogP contribution is 2.47. The largest absolute Gasteiger partial charge is 0.371 e. The Morgan fingerprint density at radius 1 is 1.32 bits per heavy atom. The summed E-state index contributed by atoms with van der Waals surface area (Å²) >= 11 is 5.38. The van der Waals surface area contributed by atoms with E-state index in [2.05, 4.69) is 35.0 Å². The van der Waals surface area contributed by atoms with Crippen LogP contribution in [0.3, 0.4) is 0 Å². The lowest BCUT2D eigenvalue weighted by Crippen LogP contribution is -2.35. The molecule has 1 saturated carbocycles. The highest BCUT2D eigenvalue weighted by Gasteiger charge is 2.42. The molecule has 1 heterocycles. The fraction of sp³-hybridized carbons (Fsp3) is 0.400. The lowest BCUT2D eigenvalue weighted by Gasteiger charge is -2.38. The van der Waals surface area contributed by atoms with Gasteiger partial charge in [0.25, 0.3) is 0 Å². The molecule has 0 unspecified atom stereocenters. The van der Waals surface area contributed by atoms with Gasteiger partial charge in [0.05, 0.1) is 5.69 Å². The summed E-state index contributed by atoms with van der Waals surface area (Å²) in [6.45, 7) is 2.14. The van der Waals surface area contributed by atoms with Crippen molar-refractivity contribution in [2.75, 3.05) is 7.11 Å². The fourth-order valence-corrected chi connectivity index (χ4v) is 4.12. The second kappa shape index (κ2) is 5.00. The molecule has 100 valence electrons. The van der Waals surface area contributed by atoms with E-state index >= 15 is 0 Å². The minimum atomic E-state index is -0.116. The molecule has 19 heavy (non-hydrogen) atoms. The first-order valence-electron chi connectivity index (χ1n) is 6.44. The Labute approximate surface area is 126 Å². The highest BCUT2D eigenvalue weighted by atomic mass is 79.9. The van der Waals surface area contributed by atoms with Crippen LogP contribution in [0.25, 0.3) is 11.3 Å². The molecule has 2 nitrogen and oxygen atoms in total. The number of ether oxygens (including phenoxy) is 1. The van der Waals surface area contributed by atoms with Crippen molar-refractivity contribution in [1.82, 2.24) is 4.98 Å². The maximum atomic E-state index is 5.73. The number of rotatable bonds is 3. The minimum Gasteiger partial charge on any atom is -0.371 e. The number of aryl methyl sites for hydroxylation is 1. The van der Waals surface area contributed by atoms with Crippen molar-refractivity contribution in [3.05, 3.63) is 38.6 Å². The lowest BCUT2D eigenvalue weighted by atomic mass is 9.80. The summed E-state index contributed by atoms with van der Waals surface area (Å²) in [7, 11) is 1.80. The third kappa shape index (κ3) is 2.16. The van der Waals surface area contributed by atoms with Crippen LogP contribution in [-0.2, 0) is 10.3 Å². The zero-order valence-corrected chi connectivity index (χ0v) is 13.5. The molecule has 1 fully saturated rings. The number of methoxy groups -OCH3 is 1. The van der Waals surface area contributed by atoms with Crippen molar-refractivity contribution in [3.63, 3.8) is 0 Å². The first-order chi connectivity index (χ1) is 9.16. The van der Waals surface area contributed by atoms with E-state index in [9.17, 15) is 0 Å². The van der Waals surface area contributed by atoms with Crippen LogP contribution in [0.2, 0.25) is 0 Å². The van der Waals surface area contributed by atoms with Gasteiger partial charge >= 0.3 is 0 Å². The van der Waals surface area contributed by atoms with Gasteiger partial charge < -0.3 is 4.74 Å². The van der Waals surface area contributed by atoms with E-state index < -0.39 is 0 Å². The van der Waals surface area contributed by atoms with Crippen LogP contribution < -0.4 is 0 Å². The lowest BCUT2D eigenvalue weighted by molar-refractivity contribution is -0.0778. The quantitative estimate of drug-likeness (QED) is 0.794. The molecule has 0 N–H and O–H groups in total. The maximum Gasteiger partial charge on any atom is 0.126 e. The van der Waals surface area contributed by atoms with Gasteiger partial charge in [-0.25, -0.2) is 4.98 Å². The molecule has 0 saturated heterocycles. The molecule has 0 aliphatic heterocycles. The van der Waals surface area contributed by atoms with Gasteiger partial charge in [-0.1, -0.05) is 34.1 Å². The first-order valence-corrected chi connectivity index (χ1v) is 8.05. The molecule has 0 spiro atoms. The molecule has 3 rings (SSSR count). The molecule has 1 aromatic heterocycles. The summed E-state index contributed by atoms with van der Waals surface area (Å²) < 4.78 is 6.82. The van der Waals surface area contributed by atoms with E-state index in [0.717, 1.165) is 33.6 Å². The van der Waals surface area contributed by atoms with Crippen LogP contribution in [0, 0.1) is 6.92 Å². The molecule has 4 heteroatoms. The molecule has 0 amide bonds. The van der Waals surface area contributed by atoms with Gasteiger partial charge in [-0.15, -0.1) is 11.3 Å². The smallest absolute Gasteiger partial charge is 0.126 e. The van der Waals surface area contributed by atoms with Gasteiger partial charge in [-0.3, -0.25) is 0 Å². The average molecular weight is 338 g/mol. The number of halogens is 1. The summed E-state index contributed by atoms with van der Waals surface area (Å²) in [6, 6.07) is 8.24. The number of thiazole rings is 1. The Bertz CT molecular complexity index is 598. The first kappa shape index (κ1) is 13.3. The van der Waals surface area contributed by atoms with Crippen molar-refractivity contribution in [2.45, 2.75) is 31.8 Å². The minimum absolute atomic E-state index is 0.116. The number of nitrogens with zero attached hydrogens (tertiary/aromatic N) is 1. The van der Waals surface area contributed by atoms with E-state index in [1.165, 1.54) is 11.3 Å². The molecule has 0 atom stereocenters. The molecule has 1 aromatic carbocycles. The molecule has 1 aliphatic rings. The number of hydrogen-bond acceptors (Lipinski definition) is 3. The van der Waals surface area contributed by atoms with Gasteiger partial charge in [0, 0.05) is 22.0 Å². The zero-order valence-electron chi connectivity index (χ0n) is 11.1. The monoisotopic (exact) mass is 337 g/mol. The molecular formula is C15H16BrNOS. The van der Waals surface area contributed by atoms with Crippen LogP contribution in [0.5, 0.6) is 0 Å². The Kier molecular flexibility index (Phi) is 3.50. The second-order valence-corrected chi connectivity index (χ2v) is 7.01. The fourth-order valence-electron chi connectivity index (χ4n) is 2.50. The van der Waals surface area contributed by atoms with Gasteiger partial charge in [-0.2, -0.15) is 0 Å². The Morgan fingerprint density at radius 3 is 2.63 bits per heavy atom. The molecule has 0 radical (unpaired) electrons. The summed E-state index contributed by atoms with van der Waals surface area (Å²) in [6.07, 6.45) is 3.41. The van der Waals surface area contributed by atoms with E-state index in [1.807, 2.05) is 12.1 Å². The van der Waals surface area contributed by atoms with Crippen molar-refractivity contribution in [1.29, 1.82) is 0 Å².